The zero-order valence-electron chi connectivity index (χ0n) is 16.2. The molecule has 0 aliphatic heterocycles. The molecule has 148 valence electrons. The molecular weight excluding hydrogens is 371 g/mol. The average Bonchev–Trinajstić information content (AvgIpc) is 2.71. The second-order valence-electron chi connectivity index (χ2n) is 6.59. The van der Waals surface area contributed by atoms with Crippen molar-refractivity contribution in [2.45, 2.75) is 13.8 Å². The molecule has 0 radical (unpaired) electrons. The maximum atomic E-state index is 13.6. The molecule has 2 amide bonds. The number of hydrogen-bond donors (Lipinski definition) is 2. The van der Waals surface area contributed by atoms with Gasteiger partial charge in [0.1, 0.15) is 11.6 Å². The van der Waals surface area contributed by atoms with E-state index in [0.29, 0.717) is 11.3 Å². The Morgan fingerprint density at radius 2 is 1.62 bits per heavy atom. The molecule has 3 aromatic carbocycles. The van der Waals surface area contributed by atoms with Crippen LogP contribution in [-0.4, -0.2) is 18.4 Å². The molecule has 3 aromatic rings. The molecule has 0 bridgehead atoms. The number of rotatable bonds is 6. The highest BCUT2D eigenvalue weighted by molar-refractivity contribution is 6.06. The quantitative estimate of drug-likeness (QED) is 0.638. The van der Waals surface area contributed by atoms with E-state index in [2.05, 4.69) is 10.6 Å². The molecule has 0 saturated carbocycles. The number of anilines is 2. The molecule has 0 unspecified atom stereocenters. The standard InChI is InChI=1S/C23H21FN2O3/c1-15-11-12-16(2)20(13-15)26-23(28)17-7-3-6-10-21(17)29-14-22(27)25-19-9-5-4-8-18(19)24/h3-13H,14H2,1-2H3,(H,25,27)(H,26,28). The number of hydrogen-bond acceptors (Lipinski definition) is 3. The lowest BCUT2D eigenvalue weighted by atomic mass is 10.1. The molecule has 0 atom stereocenters. The van der Waals surface area contributed by atoms with Gasteiger partial charge in [-0.15, -0.1) is 0 Å². The molecule has 0 aliphatic carbocycles. The summed E-state index contributed by atoms with van der Waals surface area (Å²) in [7, 11) is 0. The summed E-state index contributed by atoms with van der Waals surface area (Å²) in [6.45, 7) is 3.49. The van der Waals surface area contributed by atoms with Crippen molar-refractivity contribution in [1.29, 1.82) is 0 Å². The number of halogens is 1. The molecule has 0 heterocycles. The van der Waals surface area contributed by atoms with Gasteiger partial charge in [-0.3, -0.25) is 9.59 Å². The predicted octanol–water partition coefficient (Wildman–Crippen LogP) is 4.71. The van der Waals surface area contributed by atoms with Gasteiger partial charge in [-0.05, 0) is 55.3 Å². The molecule has 0 fully saturated rings. The van der Waals surface area contributed by atoms with Crippen LogP contribution >= 0.6 is 0 Å². The second kappa shape index (κ2) is 9.01. The topological polar surface area (TPSA) is 67.4 Å². The number of carbonyl (C=O) groups excluding carboxylic acids is 2. The minimum atomic E-state index is -0.533. The van der Waals surface area contributed by atoms with E-state index < -0.39 is 11.7 Å². The minimum absolute atomic E-state index is 0.0713. The maximum Gasteiger partial charge on any atom is 0.262 e. The summed E-state index contributed by atoms with van der Waals surface area (Å²) >= 11 is 0. The van der Waals surface area contributed by atoms with Gasteiger partial charge in [0, 0.05) is 5.69 Å². The van der Waals surface area contributed by atoms with Crippen LogP contribution in [-0.2, 0) is 4.79 Å². The monoisotopic (exact) mass is 392 g/mol. The molecule has 0 saturated heterocycles. The lowest BCUT2D eigenvalue weighted by Crippen LogP contribution is -2.22. The molecule has 0 aromatic heterocycles. The number of aryl methyl sites for hydroxylation is 2. The normalized spacial score (nSPS) is 10.3. The van der Waals surface area contributed by atoms with Crippen molar-refractivity contribution < 1.29 is 18.7 Å². The number of benzene rings is 3. The lowest BCUT2D eigenvalue weighted by Gasteiger charge is -2.13. The molecule has 3 rings (SSSR count). The smallest absolute Gasteiger partial charge is 0.262 e. The molecule has 0 spiro atoms. The fourth-order valence-electron chi connectivity index (χ4n) is 2.73. The van der Waals surface area contributed by atoms with Crippen LogP contribution in [0.3, 0.4) is 0 Å². The Morgan fingerprint density at radius 1 is 0.897 bits per heavy atom. The van der Waals surface area contributed by atoms with Crippen LogP contribution in [0, 0.1) is 19.7 Å². The van der Waals surface area contributed by atoms with E-state index in [1.54, 1.807) is 30.3 Å². The first-order valence-electron chi connectivity index (χ1n) is 9.09. The highest BCUT2D eigenvalue weighted by atomic mass is 19.1. The molecule has 29 heavy (non-hydrogen) atoms. The van der Waals surface area contributed by atoms with Crippen LogP contribution in [0.25, 0.3) is 0 Å². The second-order valence-corrected chi connectivity index (χ2v) is 6.59. The Bertz CT molecular complexity index is 1050. The summed E-state index contributed by atoms with van der Waals surface area (Å²) in [5.41, 5.74) is 3.04. The van der Waals surface area contributed by atoms with Crippen molar-refractivity contribution in [2.75, 3.05) is 17.2 Å². The van der Waals surface area contributed by atoms with Gasteiger partial charge in [-0.25, -0.2) is 4.39 Å². The third-order valence-corrected chi connectivity index (χ3v) is 4.28. The van der Waals surface area contributed by atoms with Crippen molar-refractivity contribution in [3.05, 3.63) is 89.2 Å². The average molecular weight is 392 g/mol. The first kappa shape index (κ1) is 20.1. The highest BCUT2D eigenvalue weighted by Gasteiger charge is 2.15. The Kier molecular flexibility index (Phi) is 6.24. The van der Waals surface area contributed by atoms with E-state index in [9.17, 15) is 14.0 Å². The van der Waals surface area contributed by atoms with E-state index in [4.69, 9.17) is 4.74 Å². The Morgan fingerprint density at radius 3 is 2.41 bits per heavy atom. The van der Waals surface area contributed by atoms with Crippen molar-refractivity contribution in [2.24, 2.45) is 0 Å². The van der Waals surface area contributed by atoms with E-state index in [1.165, 1.54) is 18.2 Å². The van der Waals surface area contributed by atoms with Gasteiger partial charge in [-0.1, -0.05) is 36.4 Å². The molecule has 5 nitrogen and oxygen atoms in total. The Balaban J connectivity index is 1.68. The van der Waals surface area contributed by atoms with Crippen LogP contribution in [0.5, 0.6) is 5.75 Å². The number of carbonyl (C=O) groups is 2. The SMILES string of the molecule is Cc1ccc(C)c(NC(=O)c2ccccc2OCC(=O)Nc2ccccc2F)c1. The third kappa shape index (κ3) is 5.19. The largest absolute Gasteiger partial charge is 0.483 e. The van der Waals surface area contributed by atoms with Crippen LogP contribution in [0.15, 0.2) is 66.7 Å². The first-order chi connectivity index (χ1) is 13.9. The van der Waals surface area contributed by atoms with Crippen molar-refractivity contribution >= 4 is 23.2 Å². The Hall–Kier alpha value is -3.67. The number of amides is 2. The van der Waals surface area contributed by atoms with Gasteiger partial charge in [0.15, 0.2) is 6.61 Å². The van der Waals surface area contributed by atoms with Crippen molar-refractivity contribution in [3.8, 4) is 5.75 Å². The van der Waals surface area contributed by atoms with Crippen LogP contribution in [0.2, 0.25) is 0 Å². The van der Waals surface area contributed by atoms with Gasteiger partial charge in [0.2, 0.25) is 0 Å². The molecule has 0 aliphatic rings. The zero-order valence-corrected chi connectivity index (χ0v) is 16.2. The van der Waals surface area contributed by atoms with Crippen LogP contribution in [0.1, 0.15) is 21.5 Å². The van der Waals surface area contributed by atoms with E-state index in [0.717, 1.165) is 11.1 Å². The van der Waals surface area contributed by atoms with Gasteiger partial charge >= 0.3 is 0 Å². The first-order valence-corrected chi connectivity index (χ1v) is 9.09. The van der Waals surface area contributed by atoms with Gasteiger partial charge in [-0.2, -0.15) is 0 Å². The van der Waals surface area contributed by atoms with E-state index >= 15 is 0 Å². The summed E-state index contributed by atoms with van der Waals surface area (Å²) in [4.78, 5) is 24.8. The van der Waals surface area contributed by atoms with Crippen molar-refractivity contribution in [3.63, 3.8) is 0 Å². The fourth-order valence-corrected chi connectivity index (χ4v) is 2.73. The fraction of sp³-hybridized carbons (Fsp3) is 0.130. The summed E-state index contributed by atoms with van der Waals surface area (Å²) in [6, 6.07) is 18.3. The number of para-hydroxylation sites is 2. The van der Waals surface area contributed by atoms with Crippen LogP contribution in [0.4, 0.5) is 15.8 Å². The van der Waals surface area contributed by atoms with Crippen molar-refractivity contribution in [1.82, 2.24) is 0 Å². The summed E-state index contributed by atoms with van der Waals surface area (Å²) in [5.74, 6) is -1.14. The van der Waals surface area contributed by atoms with E-state index in [-0.39, 0.29) is 24.0 Å². The zero-order chi connectivity index (χ0) is 20.8. The minimum Gasteiger partial charge on any atom is -0.483 e. The molecule has 6 heteroatoms. The number of nitrogens with one attached hydrogen (secondary N) is 2. The van der Waals surface area contributed by atoms with Gasteiger partial charge in [0.25, 0.3) is 11.8 Å². The van der Waals surface area contributed by atoms with Gasteiger partial charge < -0.3 is 15.4 Å². The van der Waals surface area contributed by atoms with E-state index in [1.807, 2.05) is 32.0 Å². The summed E-state index contributed by atoms with van der Waals surface area (Å²) in [5, 5.41) is 5.32. The Labute approximate surface area is 168 Å². The number of ether oxygens (including phenoxy) is 1. The van der Waals surface area contributed by atoms with Gasteiger partial charge in [0.05, 0.1) is 11.3 Å². The third-order valence-electron chi connectivity index (χ3n) is 4.28. The summed E-state index contributed by atoms with van der Waals surface area (Å²) in [6.07, 6.45) is 0. The maximum absolute atomic E-state index is 13.6. The lowest BCUT2D eigenvalue weighted by molar-refractivity contribution is -0.118. The highest BCUT2D eigenvalue weighted by Crippen LogP contribution is 2.22. The van der Waals surface area contributed by atoms with Crippen LogP contribution < -0.4 is 15.4 Å². The molecule has 2 N–H and O–H groups in total. The summed E-state index contributed by atoms with van der Waals surface area (Å²) < 4.78 is 19.2. The predicted molar refractivity (Wildman–Crippen MR) is 111 cm³/mol. The molecular formula is C23H21FN2O3.